The van der Waals surface area contributed by atoms with Crippen LogP contribution in [0.2, 0.25) is 0 Å². The summed E-state index contributed by atoms with van der Waals surface area (Å²) >= 11 is 1.81. The second-order valence-electron chi connectivity index (χ2n) is 7.71. The molecule has 1 saturated carbocycles. The highest BCUT2D eigenvalue weighted by atomic mass is 32.2. The van der Waals surface area contributed by atoms with Gasteiger partial charge in [0, 0.05) is 16.7 Å². The minimum absolute atomic E-state index is 0.160. The summed E-state index contributed by atoms with van der Waals surface area (Å²) in [5.41, 5.74) is -0.452. The van der Waals surface area contributed by atoms with Gasteiger partial charge in [-0.05, 0) is 45.2 Å². The molecule has 0 heterocycles. The third kappa shape index (κ3) is 7.61. The molecular formula is C20H31NO2S. The Morgan fingerprint density at radius 2 is 1.88 bits per heavy atom. The van der Waals surface area contributed by atoms with E-state index in [1.807, 2.05) is 26.8 Å². The maximum atomic E-state index is 12.2. The molecule has 1 N–H and O–H groups in total. The molecule has 0 saturated heterocycles. The fourth-order valence-corrected chi connectivity index (χ4v) is 4.14. The summed E-state index contributed by atoms with van der Waals surface area (Å²) in [6.45, 7) is 5.71. The van der Waals surface area contributed by atoms with Crippen molar-refractivity contribution in [3.63, 3.8) is 0 Å². The van der Waals surface area contributed by atoms with Crippen LogP contribution < -0.4 is 5.32 Å². The maximum Gasteiger partial charge on any atom is 0.407 e. The third-order valence-electron chi connectivity index (χ3n) is 4.26. The van der Waals surface area contributed by atoms with Crippen molar-refractivity contribution in [1.82, 2.24) is 5.32 Å². The van der Waals surface area contributed by atoms with Gasteiger partial charge in [-0.2, -0.15) is 0 Å². The number of hydrogen-bond donors (Lipinski definition) is 1. The summed E-state index contributed by atoms with van der Waals surface area (Å²) in [5, 5.41) is 3.11. The number of amides is 1. The SMILES string of the molecule is CC(C)(C)OC(=O)N[C@H](CSc1ccccc1)CC1CCCCC1. The molecule has 0 aliphatic heterocycles. The number of carbonyl (C=O) groups is 1. The smallest absolute Gasteiger partial charge is 0.407 e. The topological polar surface area (TPSA) is 38.3 Å². The van der Waals surface area contributed by atoms with Gasteiger partial charge in [-0.3, -0.25) is 0 Å². The van der Waals surface area contributed by atoms with E-state index in [1.165, 1.54) is 37.0 Å². The van der Waals surface area contributed by atoms with Crippen molar-refractivity contribution in [1.29, 1.82) is 0 Å². The first-order valence-electron chi connectivity index (χ1n) is 9.10. The Morgan fingerprint density at radius 1 is 1.21 bits per heavy atom. The van der Waals surface area contributed by atoms with E-state index in [-0.39, 0.29) is 12.1 Å². The van der Waals surface area contributed by atoms with Crippen LogP contribution in [0, 0.1) is 5.92 Å². The van der Waals surface area contributed by atoms with Crippen LogP contribution in [0.25, 0.3) is 0 Å². The number of hydrogen-bond acceptors (Lipinski definition) is 3. The predicted octanol–water partition coefficient (Wildman–Crippen LogP) is 5.64. The molecule has 1 aliphatic carbocycles. The zero-order valence-electron chi connectivity index (χ0n) is 15.2. The summed E-state index contributed by atoms with van der Waals surface area (Å²) < 4.78 is 5.45. The van der Waals surface area contributed by atoms with E-state index in [0.29, 0.717) is 0 Å². The minimum Gasteiger partial charge on any atom is -0.444 e. The Kier molecular flexibility index (Phi) is 7.47. The molecule has 0 aromatic heterocycles. The summed E-state index contributed by atoms with van der Waals surface area (Å²) in [6.07, 6.45) is 7.37. The van der Waals surface area contributed by atoms with Gasteiger partial charge in [0.2, 0.25) is 0 Å². The number of nitrogens with one attached hydrogen (secondary N) is 1. The first-order valence-corrected chi connectivity index (χ1v) is 10.1. The number of rotatable bonds is 6. The molecule has 1 fully saturated rings. The van der Waals surface area contributed by atoms with Gasteiger partial charge in [0.25, 0.3) is 0 Å². The molecule has 0 unspecified atom stereocenters. The van der Waals surface area contributed by atoms with Gasteiger partial charge in [-0.1, -0.05) is 50.3 Å². The highest BCUT2D eigenvalue weighted by Gasteiger charge is 2.23. The van der Waals surface area contributed by atoms with Gasteiger partial charge in [0.1, 0.15) is 5.60 Å². The molecule has 3 nitrogen and oxygen atoms in total. The van der Waals surface area contributed by atoms with Crippen molar-refractivity contribution in [2.45, 2.75) is 75.8 Å². The second-order valence-corrected chi connectivity index (χ2v) is 8.80. The van der Waals surface area contributed by atoms with Crippen molar-refractivity contribution in [2.24, 2.45) is 5.92 Å². The lowest BCUT2D eigenvalue weighted by Gasteiger charge is -2.28. The van der Waals surface area contributed by atoms with Crippen LogP contribution >= 0.6 is 11.8 Å². The minimum atomic E-state index is -0.452. The predicted molar refractivity (Wildman–Crippen MR) is 102 cm³/mol. The normalized spacial score (nSPS) is 17.3. The van der Waals surface area contributed by atoms with Gasteiger partial charge >= 0.3 is 6.09 Å². The van der Waals surface area contributed by atoms with E-state index >= 15 is 0 Å². The molecule has 1 aromatic carbocycles. The van der Waals surface area contributed by atoms with E-state index in [4.69, 9.17) is 4.74 Å². The molecule has 1 aromatic rings. The largest absolute Gasteiger partial charge is 0.444 e. The Balaban J connectivity index is 1.90. The zero-order valence-corrected chi connectivity index (χ0v) is 16.0. The van der Waals surface area contributed by atoms with E-state index in [9.17, 15) is 4.79 Å². The standard InChI is InChI=1S/C20H31NO2S/c1-20(2,3)23-19(22)21-17(14-16-10-6-4-7-11-16)15-24-18-12-8-5-9-13-18/h5,8-9,12-13,16-17H,4,6-7,10-11,14-15H2,1-3H3,(H,21,22)/t17-/m0/s1. The molecule has 24 heavy (non-hydrogen) atoms. The van der Waals surface area contributed by atoms with E-state index in [2.05, 4.69) is 29.6 Å². The Labute approximate surface area is 150 Å². The van der Waals surface area contributed by atoms with Crippen molar-refractivity contribution in [3.05, 3.63) is 30.3 Å². The van der Waals surface area contributed by atoms with Crippen LogP contribution in [-0.4, -0.2) is 23.5 Å². The molecule has 0 bridgehead atoms. The lowest BCUT2D eigenvalue weighted by Crippen LogP contribution is -2.41. The zero-order chi connectivity index (χ0) is 17.4. The maximum absolute atomic E-state index is 12.2. The molecule has 0 spiro atoms. The van der Waals surface area contributed by atoms with Crippen LogP contribution in [-0.2, 0) is 4.74 Å². The van der Waals surface area contributed by atoms with Crippen molar-refractivity contribution < 1.29 is 9.53 Å². The first kappa shape index (κ1) is 19.2. The number of ether oxygens (including phenoxy) is 1. The highest BCUT2D eigenvalue weighted by Crippen LogP contribution is 2.29. The average molecular weight is 350 g/mol. The number of alkyl carbamates (subject to hydrolysis) is 1. The van der Waals surface area contributed by atoms with Crippen LogP contribution in [0.15, 0.2) is 35.2 Å². The van der Waals surface area contributed by atoms with Crippen LogP contribution in [0.1, 0.15) is 59.3 Å². The molecule has 1 atom stereocenters. The first-order chi connectivity index (χ1) is 11.4. The Morgan fingerprint density at radius 3 is 2.50 bits per heavy atom. The van der Waals surface area contributed by atoms with E-state index in [0.717, 1.165) is 18.1 Å². The average Bonchev–Trinajstić information content (AvgIpc) is 2.53. The van der Waals surface area contributed by atoms with Gasteiger partial charge in [-0.15, -0.1) is 11.8 Å². The highest BCUT2D eigenvalue weighted by molar-refractivity contribution is 7.99. The van der Waals surface area contributed by atoms with Gasteiger partial charge in [0.15, 0.2) is 0 Å². The quantitative estimate of drug-likeness (QED) is 0.675. The van der Waals surface area contributed by atoms with Gasteiger partial charge in [0.05, 0.1) is 0 Å². The fourth-order valence-electron chi connectivity index (χ4n) is 3.18. The summed E-state index contributed by atoms with van der Waals surface area (Å²) in [4.78, 5) is 13.4. The molecule has 134 valence electrons. The fraction of sp³-hybridized carbons (Fsp3) is 0.650. The Bertz CT molecular complexity index is 492. The van der Waals surface area contributed by atoms with Crippen molar-refractivity contribution >= 4 is 17.9 Å². The lowest BCUT2D eigenvalue weighted by molar-refractivity contribution is 0.0501. The van der Waals surface area contributed by atoms with Gasteiger partial charge < -0.3 is 10.1 Å². The number of thioether (sulfide) groups is 1. The molecule has 0 radical (unpaired) electrons. The number of carbonyl (C=O) groups excluding carboxylic acids is 1. The van der Waals surface area contributed by atoms with E-state index in [1.54, 1.807) is 11.8 Å². The van der Waals surface area contributed by atoms with Crippen molar-refractivity contribution in [3.8, 4) is 0 Å². The molecule has 1 aliphatic rings. The van der Waals surface area contributed by atoms with Crippen LogP contribution in [0.5, 0.6) is 0 Å². The number of benzene rings is 1. The Hall–Kier alpha value is -1.16. The van der Waals surface area contributed by atoms with Crippen LogP contribution in [0.3, 0.4) is 0 Å². The summed E-state index contributed by atoms with van der Waals surface area (Å²) in [7, 11) is 0. The molecule has 4 heteroatoms. The third-order valence-corrected chi connectivity index (χ3v) is 5.43. The monoisotopic (exact) mass is 349 g/mol. The molecule has 2 rings (SSSR count). The second kappa shape index (κ2) is 9.36. The summed E-state index contributed by atoms with van der Waals surface area (Å²) in [6, 6.07) is 10.5. The van der Waals surface area contributed by atoms with Gasteiger partial charge in [-0.25, -0.2) is 4.79 Å². The van der Waals surface area contributed by atoms with Crippen LogP contribution in [0.4, 0.5) is 4.79 Å². The molecular weight excluding hydrogens is 318 g/mol. The van der Waals surface area contributed by atoms with E-state index < -0.39 is 5.60 Å². The molecule has 1 amide bonds. The van der Waals surface area contributed by atoms with Crippen molar-refractivity contribution in [2.75, 3.05) is 5.75 Å². The lowest BCUT2D eigenvalue weighted by atomic mass is 9.85. The summed E-state index contributed by atoms with van der Waals surface area (Å²) in [5.74, 6) is 1.62.